The average Bonchev–Trinajstić information content (AvgIpc) is 2.28. The molecule has 0 aromatic heterocycles. The Morgan fingerprint density at radius 3 is 2.22 bits per heavy atom. The first kappa shape index (κ1) is 14.6. The van der Waals surface area contributed by atoms with E-state index in [4.69, 9.17) is 4.74 Å². The van der Waals surface area contributed by atoms with Crippen molar-refractivity contribution in [2.75, 3.05) is 7.11 Å². The van der Waals surface area contributed by atoms with Crippen LogP contribution in [0.2, 0.25) is 0 Å². The lowest BCUT2D eigenvalue weighted by Crippen LogP contribution is -2.18. The van der Waals surface area contributed by atoms with E-state index in [1.165, 1.54) is 12.7 Å². The first-order chi connectivity index (χ1) is 8.32. The molecule has 0 amide bonds. The molecule has 0 radical (unpaired) electrons. The van der Waals surface area contributed by atoms with E-state index < -0.39 is 0 Å². The Morgan fingerprint density at radius 2 is 1.78 bits per heavy atom. The molecule has 3 heteroatoms. The van der Waals surface area contributed by atoms with E-state index in [1.54, 1.807) is 0 Å². The molecule has 0 aliphatic heterocycles. The zero-order chi connectivity index (χ0) is 13.8. The van der Waals surface area contributed by atoms with Crippen LogP contribution in [0.4, 0.5) is 0 Å². The number of hydrogen-bond acceptors (Lipinski definition) is 3. The highest BCUT2D eigenvalue weighted by Gasteiger charge is 2.14. The van der Waals surface area contributed by atoms with Crippen LogP contribution in [0.1, 0.15) is 39.7 Å². The fourth-order valence-corrected chi connectivity index (χ4v) is 1.63. The maximum absolute atomic E-state index is 11.1. The van der Waals surface area contributed by atoms with Crippen molar-refractivity contribution in [1.82, 2.24) is 0 Å². The van der Waals surface area contributed by atoms with Gasteiger partial charge in [0.1, 0.15) is 11.9 Å². The van der Waals surface area contributed by atoms with Gasteiger partial charge in [0.25, 0.3) is 0 Å². The summed E-state index contributed by atoms with van der Waals surface area (Å²) in [4.78, 5) is 11.1. The number of hydrogen-bond donors (Lipinski definition) is 0. The van der Waals surface area contributed by atoms with Gasteiger partial charge in [-0.25, -0.2) is 0 Å². The third-order valence-electron chi connectivity index (χ3n) is 2.74. The SMILES string of the molecule is COC(=O)CC(C)Oc1ccc(C(C)(C)C)cc1. The maximum Gasteiger partial charge on any atom is 0.309 e. The van der Waals surface area contributed by atoms with Gasteiger partial charge in [0, 0.05) is 0 Å². The molecule has 1 atom stereocenters. The van der Waals surface area contributed by atoms with Crippen molar-refractivity contribution in [2.24, 2.45) is 0 Å². The molecule has 1 rings (SSSR count). The molecule has 1 unspecified atom stereocenters. The minimum Gasteiger partial charge on any atom is -0.490 e. The number of ether oxygens (including phenoxy) is 2. The number of methoxy groups -OCH3 is 1. The molecule has 100 valence electrons. The van der Waals surface area contributed by atoms with E-state index in [0.29, 0.717) is 0 Å². The third kappa shape index (κ3) is 4.40. The normalized spacial score (nSPS) is 12.9. The molecule has 18 heavy (non-hydrogen) atoms. The standard InChI is InChI=1S/C15H22O3/c1-11(10-14(16)17-5)18-13-8-6-12(7-9-13)15(2,3)4/h6-9,11H,10H2,1-5H3. The summed E-state index contributed by atoms with van der Waals surface area (Å²) in [6, 6.07) is 7.99. The van der Waals surface area contributed by atoms with Gasteiger partial charge < -0.3 is 9.47 Å². The Kier molecular flexibility index (Phi) is 4.76. The minimum atomic E-state index is -0.256. The van der Waals surface area contributed by atoms with Crippen LogP contribution in [0.5, 0.6) is 5.75 Å². The zero-order valence-corrected chi connectivity index (χ0v) is 11.8. The number of carbonyl (C=O) groups excluding carboxylic acids is 1. The molecule has 0 spiro atoms. The van der Waals surface area contributed by atoms with E-state index in [-0.39, 0.29) is 23.9 Å². The highest BCUT2D eigenvalue weighted by atomic mass is 16.5. The van der Waals surface area contributed by atoms with Crippen molar-refractivity contribution in [3.05, 3.63) is 29.8 Å². The van der Waals surface area contributed by atoms with Crippen LogP contribution in [0, 0.1) is 0 Å². The number of benzene rings is 1. The van der Waals surface area contributed by atoms with Gasteiger partial charge in [-0.05, 0) is 30.0 Å². The van der Waals surface area contributed by atoms with E-state index in [9.17, 15) is 4.79 Å². The van der Waals surface area contributed by atoms with Gasteiger partial charge in [-0.2, -0.15) is 0 Å². The van der Waals surface area contributed by atoms with E-state index in [0.717, 1.165) is 5.75 Å². The number of esters is 1. The summed E-state index contributed by atoms with van der Waals surface area (Å²) in [7, 11) is 1.38. The molecular weight excluding hydrogens is 228 g/mol. The molecule has 0 heterocycles. The van der Waals surface area contributed by atoms with Crippen molar-refractivity contribution in [1.29, 1.82) is 0 Å². The molecule has 1 aromatic carbocycles. The third-order valence-corrected chi connectivity index (χ3v) is 2.74. The van der Waals surface area contributed by atoms with Crippen LogP contribution in [0.15, 0.2) is 24.3 Å². The quantitative estimate of drug-likeness (QED) is 0.769. The van der Waals surface area contributed by atoms with Crippen molar-refractivity contribution in [3.8, 4) is 5.75 Å². The largest absolute Gasteiger partial charge is 0.490 e. The lowest BCUT2D eigenvalue weighted by Gasteiger charge is -2.20. The molecular formula is C15H22O3. The van der Waals surface area contributed by atoms with Gasteiger partial charge in [0.05, 0.1) is 13.5 Å². The first-order valence-corrected chi connectivity index (χ1v) is 6.17. The molecule has 0 aliphatic carbocycles. The summed E-state index contributed by atoms with van der Waals surface area (Å²) in [5.74, 6) is 0.521. The molecule has 0 aliphatic rings. The van der Waals surface area contributed by atoms with Crippen molar-refractivity contribution < 1.29 is 14.3 Å². The molecule has 0 saturated carbocycles. The summed E-state index contributed by atoms with van der Waals surface area (Å²) < 4.78 is 10.3. The Labute approximate surface area is 109 Å². The highest BCUT2D eigenvalue weighted by Crippen LogP contribution is 2.24. The Bertz CT molecular complexity index is 387. The van der Waals surface area contributed by atoms with Gasteiger partial charge in [-0.15, -0.1) is 0 Å². The molecule has 0 saturated heterocycles. The fourth-order valence-electron chi connectivity index (χ4n) is 1.63. The summed E-state index contributed by atoms with van der Waals surface area (Å²) in [6.45, 7) is 8.36. The maximum atomic E-state index is 11.1. The van der Waals surface area contributed by atoms with E-state index >= 15 is 0 Å². The minimum absolute atomic E-state index is 0.135. The van der Waals surface area contributed by atoms with Gasteiger partial charge in [-0.3, -0.25) is 4.79 Å². The van der Waals surface area contributed by atoms with Gasteiger partial charge in [-0.1, -0.05) is 32.9 Å². The van der Waals surface area contributed by atoms with Crippen LogP contribution in [0.25, 0.3) is 0 Å². The molecule has 3 nitrogen and oxygen atoms in total. The van der Waals surface area contributed by atoms with Crippen molar-refractivity contribution in [2.45, 2.75) is 45.6 Å². The summed E-state index contributed by atoms with van der Waals surface area (Å²) in [5.41, 5.74) is 1.39. The Balaban J connectivity index is 2.61. The van der Waals surface area contributed by atoms with Crippen molar-refractivity contribution >= 4 is 5.97 Å². The molecule has 0 bridgehead atoms. The highest BCUT2D eigenvalue weighted by molar-refractivity contribution is 5.69. The number of carbonyl (C=O) groups is 1. The zero-order valence-electron chi connectivity index (χ0n) is 11.8. The molecule has 0 N–H and O–H groups in total. The number of rotatable bonds is 4. The lowest BCUT2D eigenvalue weighted by atomic mass is 9.87. The van der Waals surface area contributed by atoms with Crippen LogP contribution in [0.3, 0.4) is 0 Å². The van der Waals surface area contributed by atoms with Gasteiger partial charge >= 0.3 is 5.97 Å². The van der Waals surface area contributed by atoms with E-state index in [2.05, 4.69) is 37.6 Å². The topological polar surface area (TPSA) is 35.5 Å². The second-order valence-corrected chi connectivity index (χ2v) is 5.48. The summed E-state index contributed by atoms with van der Waals surface area (Å²) in [6.07, 6.45) is 0.0790. The van der Waals surface area contributed by atoms with Crippen LogP contribution >= 0.6 is 0 Å². The second kappa shape index (κ2) is 5.89. The smallest absolute Gasteiger partial charge is 0.309 e. The molecule has 0 fully saturated rings. The van der Waals surface area contributed by atoms with Crippen molar-refractivity contribution in [3.63, 3.8) is 0 Å². The van der Waals surface area contributed by atoms with E-state index in [1.807, 2.05) is 19.1 Å². The summed E-state index contributed by atoms with van der Waals surface area (Å²) in [5, 5.41) is 0. The Morgan fingerprint density at radius 1 is 1.22 bits per heavy atom. The van der Waals surface area contributed by atoms with Crippen LogP contribution in [-0.2, 0) is 14.9 Å². The Hall–Kier alpha value is -1.51. The first-order valence-electron chi connectivity index (χ1n) is 6.17. The van der Waals surface area contributed by atoms with Gasteiger partial charge in [0.15, 0.2) is 0 Å². The monoisotopic (exact) mass is 250 g/mol. The van der Waals surface area contributed by atoms with Gasteiger partial charge in [0.2, 0.25) is 0 Å². The predicted octanol–water partition coefficient (Wildman–Crippen LogP) is 3.31. The lowest BCUT2D eigenvalue weighted by molar-refractivity contribution is -0.142. The van der Waals surface area contributed by atoms with Crippen LogP contribution in [-0.4, -0.2) is 19.2 Å². The second-order valence-electron chi connectivity index (χ2n) is 5.48. The fraction of sp³-hybridized carbons (Fsp3) is 0.533. The average molecular weight is 250 g/mol. The predicted molar refractivity (Wildman–Crippen MR) is 71.9 cm³/mol. The van der Waals surface area contributed by atoms with Crippen LogP contribution < -0.4 is 4.74 Å². The summed E-state index contributed by atoms with van der Waals surface area (Å²) >= 11 is 0. The molecule has 1 aromatic rings.